The third-order valence-electron chi connectivity index (χ3n) is 6.25. The summed E-state index contributed by atoms with van der Waals surface area (Å²) in [6, 6.07) is 7.25. The second kappa shape index (κ2) is 5.76. The van der Waals surface area contributed by atoms with Crippen molar-refractivity contribution in [3.63, 3.8) is 0 Å². The first-order valence-electron chi connectivity index (χ1n) is 8.94. The Kier molecular flexibility index (Phi) is 3.87. The predicted molar refractivity (Wildman–Crippen MR) is 85.6 cm³/mol. The summed E-state index contributed by atoms with van der Waals surface area (Å²) in [7, 11) is 1.70. The highest BCUT2D eigenvalue weighted by atomic mass is 17.3. The van der Waals surface area contributed by atoms with Crippen LogP contribution in [0.1, 0.15) is 56.9 Å². The number of phenols is 1. The van der Waals surface area contributed by atoms with Gasteiger partial charge in [-0.1, -0.05) is 37.8 Å². The lowest BCUT2D eigenvalue weighted by Crippen LogP contribution is -2.73. The molecule has 2 aliphatic carbocycles. The standard InChI is InChI=1S/C19H26O4/c1-21-19(16-11-6-12-17(20)13-16)18(22-23-19)14-7-3-2-4-8-15(18)10-5-9-14/h6,11-15,20H,2-5,7-10H2,1H3. The van der Waals surface area contributed by atoms with Gasteiger partial charge in [0.2, 0.25) is 0 Å². The lowest BCUT2D eigenvalue weighted by Gasteiger charge is -2.63. The molecule has 1 aromatic rings. The normalized spacial score (nSPS) is 40.2. The third-order valence-corrected chi connectivity index (χ3v) is 6.25. The summed E-state index contributed by atoms with van der Waals surface area (Å²) in [5.41, 5.74) is 0.456. The van der Waals surface area contributed by atoms with Crippen molar-refractivity contribution in [1.82, 2.24) is 0 Å². The Hall–Kier alpha value is -1.10. The Balaban J connectivity index is 1.81. The average molecular weight is 318 g/mol. The minimum atomic E-state index is -0.890. The van der Waals surface area contributed by atoms with E-state index in [1.165, 1.54) is 51.4 Å². The minimum absolute atomic E-state index is 0.237. The molecular formula is C19H26O4. The van der Waals surface area contributed by atoms with E-state index in [0.29, 0.717) is 11.8 Å². The van der Waals surface area contributed by atoms with E-state index in [0.717, 1.165) is 5.56 Å². The molecule has 3 unspecified atom stereocenters. The fourth-order valence-corrected chi connectivity index (χ4v) is 5.23. The fraction of sp³-hybridized carbons (Fsp3) is 0.684. The van der Waals surface area contributed by atoms with Gasteiger partial charge in [-0.05, 0) is 49.7 Å². The molecule has 4 rings (SSSR count). The van der Waals surface area contributed by atoms with E-state index in [1.54, 1.807) is 19.2 Å². The van der Waals surface area contributed by atoms with Gasteiger partial charge in [0, 0.05) is 12.7 Å². The molecule has 1 N–H and O–H groups in total. The minimum Gasteiger partial charge on any atom is -0.508 e. The summed E-state index contributed by atoms with van der Waals surface area (Å²) < 4.78 is 5.98. The number of hydrogen-bond donors (Lipinski definition) is 1. The lowest BCUT2D eigenvalue weighted by molar-refractivity contribution is -0.640. The van der Waals surface area contributed by atoms with Gasteiger partial charge < -0.3 is 9.84 Å². The topological polar surface area (TPSA) is 47.9 Å². The molecule has 1 aromatic carbocycles. The zero-order valence-electron chi connectivity index (χ0n) is 13.8. The third kappa shape index (κ3) is 2.08. The van der Waals surface area contributed by atoms with Gasteiger partial charge in [0.05, 0.1) is 0 Å². The molecule has 1 spiro atoms. The van der Waals surface area contributed by atoms with Crippen LogP contribution in [0.5, 0.6) is 5.75 Å². The van der Waals surface area contributed by atoms with E-state index in [9.17, 15) is 5.11 Å². The van der Waals surface area contributed by atoms with Crippen molar-refractivity contribution in [2.45, 2.75) is 62.8 Å². The molecule has 2 saturated carbocycles. The first-order valence-corrected chi connectivity index (χ1v) is 8.94. The van der Waals surface area contributed by atoms with E-state index in [-0.39, 0.29) is 5.75 Å². The molecule has 0 radical (unpaired) electrons. The van der Waals surface area contributed by atoms with Crippen LogP contribution in [0.3, 0.4) is 0 Å². The molecule has 2 bridgehead atoms. The number of rotatable bonds is 2. The van der Waals surface area contributed by atoms with Gasteiger partial charge in [-0.25, -0.2) is 4.89 Å². The van der Waals surface area contributed by atoms with Crippen molar-refractivity contribution < 1.29 is 19.6 Å². The SMILES string of the molecule is COC1(c2cccc(O)c2)OOC12C1CCCCCC2CCC1. The van der Waals surface area contributed by atoms with Crippen molar-refractivity contribution in [1.29, 1.82) is 0 Å². The van der Waals surface area contributed by atoms with Crippen LogP contribution in [-0.2, 0) is 20.3 Å². The first-order chi connectivity index (χ1) is 11.2. The molecule has 4 nitrogen and oxygen atoms in total. The van der Waals surface area contributed by atoms with Crippen molar-refractivity contribution in [3.8, 4) is 5.75 Å². The maximum Gasteiger partial charge on any atom is 0.260 e. The van der Waals surface area contributed by atoms with Crippen molar-refractivity contribution in [3.05, 3.63) is 29.8 Å². The Bertz CT molecular complexity index is 554. The number of methoxy groups -OCH3 is 1. The lowest BCUT2D eigenvalue weighted by atomic mass is 9.58. The highest BCUT2D eigenvalue weighted by Gasteiger charge is 2.73. The Morgan fingerprint density at radius 1 is 1.00 bits per heavy atom. The molecule has 3 aliphatic rings. The Labute approximate surface area is 137 Å². The summed E-state index contributed by atoms with van der Waals surface area (Å²) >= 11 is 0. The van der Waals surface area contributed by atoms with E-state index < -0.39 is 11.4 Å². The van der Waals surface area contributed by atoms with Crippen LogP contribution in [-0.4, -0.2) is 17.8 Å². The summed E-state index contributed by atoms with van der Waals surface area (Å²) in [6.07, 6.45) is 9.77. The zero-order valence-corrected chi connectivity index (χ0v) is 13.8. The van der Waals surface area contributed by atoms with Gasteiger partial charge in [0.25, 0.3) is 5.79 Å². The average Bonchev–Trinajstić information content (AvgIpc) is 2.54. The molecule has 1 aliphatic heterocycles. The van der Waals surface area contributed by atoms with Crippen LogP contribution in [0.15, 0.2) is 24.3 Å². The molecule has 3 atom stereocenters. The predicted octanol–water partition coefficient (Wildman–Crippen LogP) is 4.27. The number of phenolic OH excluding ortho intramolecular Hbond substituents is 1. The summed E-state index contributed by atoms with van der Waals surface area (Å²) in [5.74, 6) is 0.259. The number of ether oxygens (including phenoxy) is 1. The highest BCUT2D eigenvalue weighted by Crippen LogP contribution is 2.63. The van der Waals surface area contributed by atoms with Crippen molar-refractivity contribution >= 4 is 0 Å². The maximum absolute atomic E-state index is 9.93. The summed E-state index contributed by atoms with van der Waals surface area (Å²) in [5, 5.41) is 9.93. The highest BCUT2D eigenvalue weighted by molar-refractivity contribution is 5.34. The van der Waals surface area contributed by atoms with Gasteiger partial charge in [-0.2, -0.15) is 4.89 Å². The molecule has 3 fully saturated rings. The van der Waals surface area contributed by atoms with Crippen LogP contribution in [0.4, 0.5) is 0 Å². The van der Waals surface area contributed by atoms with E-state index >= 15 is 0 Å². The smallest absolute Gasteiger partial charge is 0.260 e. The molecule has 23 heavy (non-hydrogen) atoms. The van der Waals surface area contributed by atoms with E-state index in [4.69, 9.17) is 14.5 Å². The molecule has 4 heteroatoms. The van der Waals surface area contributed by atoms with E-state index in [2.05, 4.69) is 0 Å². The number of hydrogen-bond acceptors (Lipinski definition) is 4. The Morgan fingerprint density at radius 2 is 1.70 bits per heavy atom. The van der Waals surface area contributed by atoms with Crippen LogP contribution < -0.4 is 0 Å². The largest absolute Gasteiger partial charge is 0.508 e. The van der Waals surface area contributed by atoms with Crippen LogP contribution in [0, 0.1) is 11.8 Å². The van der Waals surface area contributed by atoms with Gasteiger partial charge >= 0.3 is 0 Å². The van der Waals surface area contributed by atoms with Crippen LogP contribution in [0.25, 0.3) is 0 Å². The van der Waals surface area contributed by atoms with Gasteiger partial charge in [0.1, 0.15) is 5.75 Å². The Morgan fingerprint density at radius 3 is 2.26 bits per heavy atom. The number of aromatic hydroxyl groups is 1. The second-order valence-corrected chi connectivity index (χ2v) is 7.29. The van der Waals surface area contributed by atoms with E-state index in [1.807, 2.05) is 12.1 Å². The summed E-state index contributed by atoms with van der Waals surface area (Å²) in [4.78, 5) is 11.7. The van der Waals surface area contributed by atoms with Gasteiger partial charge in [-0.15, -0.1) is 0 Å². The number of benzene rings is 1. The molecular weight excluding hydrogens is 292 g/mol. The molecule has 1 saturated heterocycles. The molecule has 126 valence electrons. The first kappa shape index (κ1) is 15.4. The summed E-state index contributed by atoms with van der Waals surface area (Å²) in [6.45, 7) is 0. The van der Waals surface area contributed by atoms with Crippen LogP contribution >= 0.6 is 0 Å². The molecule has 0 amide bonds. The fourth-order valence-electron chi connectivity index (χ4n) is 5.23. The zero-order chi connectivity index (χ0) is 15.9. The molecule has 0 aromatic heterocycles. The van der Waals surface area contributed by atoms with Crippen molar-refractivity contribution in [2.24, 2.45) is 11.8 Å². The van der Waals surface area contributed by atoms with Gasteiger partial charge in [-0.3, -0.25) is 0 Å². The van der Waals surface area contributed by atoms with Gasteiger partial charge in [0.15, 0.2) is 5.60 Å². The van der Waals surface area contributed by atoms with Crippen LogP contribution in [0.2, 0.25) is 0 Å². The maximum atomic E-state index is 9.93. The molecule has 1 heterocycles. The quantitative estimate of drug-likeness (QED) is 0.827. The monoisotopic (exact) mass is 318 g/mol. The van der Waals surface area contributed by atoms with Crippen molar-refractivity contribution in [2.75, 3.05) is 7.11 Å². The second-order valence-electron chi connectivity index (χ2n) is 7.29.